The van der Waals surface area contributed by atoms with Gasteiger partial charge in [-0.3, -0.25) is 24.1 Å². The molecular formula is C19H22N6O8S2. The van der Waals surface area contributed by atoms with Gasteiger partial charge in [0.05, 0.1) is 0 Å². The molecule has 0 aliphatic carbocycles. The Hall–Kier alpha value is -3.53. The van der Waals surface area contributed by atoms with Crippen LogP contribution in [0.15, 0.2) is 16.4 Å². The molecule has 14 nitrogen and oxygen atoms in total. The molecule has 0 bridgehead atoms. The number of ether oxygens (including phenoxy) is 1. The van der Waals surface area contributed by atoms with Gasteiger partial charge in [-0.05, 0) is 13.3 Å². The van der Waals surface area contributed by atoms with Crippen molar-refractivity contribution in [3.8, 4) is 0 Å². The SMILES string of the molecule is CCCON=C(C(=O)NC1C(=O)N2C(C(=O)O)=C(COC(=O)CC(C)=O)CS[C@@H]12)c1nsc(N)n1. The summed E-state index contributed by atoms with van der Waals surface area (Å²) in [6.45, 7) is 2.93. The number of ketones is 1. The van der Waals surface area contributed by atoms with Crippen LogP contribution in [-0.2, 0) is 33.5 Å². The van der Waals surface area contributed by atoms with Crippen molar-refractivity contribution < 1.29 is 38.7 Å². The minimum Gasteiger partial charge on any atom is -0.477 e. The lowest BCUT2D eigenvalue weighted by Gasteiger charge is -2.49. The lowest BCUT2D eigenvalue weighted by atomic mass is 10.0. The first-order valence-electron chi connectivity index (χ1n) is 10.3. The number of Topliss-reactive ketones (excluding diaryl/α,β-unsaturated/α-hetero) is 1. The summed E-state index contributed by atoms with van der Waals surface area (Å²) < 4.78 is 8.93. The van der Waals surface area contributed by atoms with E-state index in [1.807, 2.05) is 6.92 Å². The molecular weight excluding hydrogens is 504 g/mol. The summed E-state index contributed by atoms with van der Waals surface area (Å²) in [5.74, 6) is -3.97. The summed E-state index contributed by atoms with van der Waals surface area (Å²) in [5.41, 5.74) is 5.19. The summed E-state index contributed by atoms with van der Waals surface area (Å²) in [6.07, 6.45) is 0.198. The van der Waals surface area contributed by atoms with Gasteiger partial charge in [0, 0.05) is 22.9 Å². The first-order chi connectivity index (χ1) is 16.6. The molecule has 0 spiro atoms. The monoisotopic (exact) mass is 526 g/mol. The minimum atomic E-state index is -1.39. The van der Waals surface area contributed by atoms with Crippen LogP contribution in [-0.4, -0.2) is 85.0 Å². The Morgan fingerprint density at radius 1 is 1.34 bits per heavy atom. The molecule has 1 unspecified atom stereocenters. The number of nitrogens with one attached hydrogen (secondary N) is 1. The van der Waals surface area contributed by atoms with E-state index in [0.717, 1.165) is 16.4 Å². The number of aromatic nitrogens is 2. The Balaban J connectivity index is 1.74. The van der Waals surface area contributed by atoms with Gasteiger partial charge in [0.1, 0.15) is 42.5 Å². The molecule has 16 heteroatoms. The number of thioether (sulfide) groups is 1. The van der Waals surface area contributed by atoms with E-state index in [0.29, 0.717) is 6.42 Å². The molecule has 0 radical (unpaired) electrons. The summed E-state index contributed by atoms with van der Waals surface area (Å²) in [7, 11) is 0. The number of hydrogen-bond donors (Lipinski definition) is 3. The third-order valence-electron chi connectivity index (χ3n) is 4.66. The van der Waals surface area contributed by atoms with E-state index in [9.17, 15) is 29.1 Å². The first kappa shape index (κ1) is 26.1. The predicted octanol–water partition coefficient (Wildman–Crippen LogP) is -0.488. The van der Waals surface area contributed by atoms with E-state index in [2.05, 4.69) is 19.8 Å². The number of carboxylic acids is 1. The highest BCUT2D eigenvalue weighted by atomic mass is 32.2. The lowest BCUT2D eigenvalue weighted by Crippen LogP contribution is -2.71. The Kier molecular flexibility index (Phi) is 8.39. The smallest absolute Gasteiger partial charge is 0.352 e. The number of fused-ring (bicyclic) bond motifs is 1. The van der Waals surface area contributed by atoms with Crippen LogP contribution in [0.2, 0.25) is 0 Å². The fourth-order valence-corrected chi connectivity index (χ4v) is 4.90. The number of rotatable bonds is 11. The molecule has 2 aliphatic heterocycles. The number of carbonyl (C=O) groups excluding carboxylic acids is 4. The molecule has 1 fully saturated rings. The maximum absolute atomic E-state index is 12.9. The number of nitrogens with zero attached hydrogens (tertiary/aromatic N) is 4. The van der Waals surface area contributed by atoms with Crippen molar-refractivity contribution in [1.29, 1.82) is 0 Å². The highest BCUT2D eigenvalue weighted by Crippen LogP contribution is 2.40. The number of anilines is 1. The van der Waals surface area contributed by atoms with Gasteiger partial charge in [0.25, 0.3) is 11.8 Å². The van der Waals surface area contributed by atoms with Crippen LogP contribution in [0.25, 0.3) is 0 Å². The molecule has 4 N–H and O–H groups in total. The Morgan fingerprint density at radius 3 is 2.69 bits per heavy atom. The van der Waals surface area contributed by atoms with Crippen molar-refractivity contribution in [3.63, 3.8) is 0 Å². The number of hydrogen-bond acceptors (Lipinski definition) is 13. The highest BCUT2D eigenvalue weighted by Gasteiger charge is 2.54. The maximum atomic E-state index is 12.9. The van der Waals surface area contributed by atoms with Crippen LogP contribution in [0, 0.1) is 0 Å². The predicted molar refractivity (Wildman–Crippen MR) is 123 cm³/mol. The molecule has 188 valence electrons. The Labute approximate surface area is 207 Å². The van der Waals surface area contributed by atoms with Gasteiger partial charge >= 0.3 is 11.9 Å². The van der Waals surface area contributed by atoms with E-state index in [1.54, 1.807) is 0 Å². The average molecular weight is 527 g/mol. The highest BCUT2D eigenvalue weighted by molar-refractivity contribution is 8.00. The van der Waals surface area contributed by atoms with Gasteiger partial charge in [0.2, 0.25) is 11.5 Å². The van der Waals surface area contributed by atoms with Gasteiger partial charge in [-0.25, -0.2) is 4.79 Å². The zero-order valence-electron chi connectivity index (χ0n) is 18.7. The zero-order chi connectivity index (χ0) is 25.7. The largest absolute Gasteiger partial charge is 0.477 e. The second kappa shape index (κ2) is 11.3. The van der Waals surface area contributed by atoms with Crippen molar-refractivity contribution >= 4 is 63.7 Å². The molecule has 2 amide bonds. The number of oxime groups is 1. The van der Waals surface area contributed by atoms with Crippen molar-refractivity contribution in [2.45, 2.75) is 38.1 Å². The van der Waals surface area contributed by atoms with Gasteiger partial charge in [-0.1, -0.05) is 12.1 Å². The minimum absolute atomic E-state index is 0.0678. The summed E-state index contributed by atoms with van der Waals surface area (Å²) in [6, 6.07) is -1.05. The summed E-state index contributed by atoms with van der Waals surface area (Å²) >= 11 is 2.04. The van der Waals surface area contributed by atoms with E-state index in [1.165, 1.54) is 18.7 Å². The molecule has 3 rings (SSSR count). The molecule has 1 aromatic rings. The average Bonchev–Trinajstić information content (AvgIpc) is 3.23. The normalized spacial score (nSPS) is 19.5. The van der Waals surface area contributed by atoms with E-state index >= 15 is 0 Å². The van der Waals surface area contributed by atoms with E-state index < -0.39 is 47.4 Å². The Morgan fingerprint density at radius 2 is 2.09 bits per heavy atom. The number of esters is 1. The third kappa shape index (κ3) is 5.94. The number of β-lactam (4-membered cyclic amide) rings is 1. The van der Waals surface area contributed by atoms with Crippen molar-refractivity contribution in [1.82, 2.24) is 19.6 Å². The van der Waals surface area contributed by atoms with Gasteiger partial charge in [0.15, 0.2) is 5.13 Å². The van der Waals surface area contributed by atoms with Crippen molar-refractivity contribution in [3.05, 3.63) is 17.1 Å². The second-order valence-corrected chi connectivity index (χ2v) is 9.28. The number of nitrogen functional groups attached to an aromatic ring is 1. The molecule has 0 saturated carbocycles. The van der Waals surface area contributed by atoms with Crippen LogP contribution >= 0.6 is 23.3 Å². The fourth-order valence-electron chi connectivity index (χ4n) is 3.14. The number of nitrogens with two attached hydrogens (primary N) is 1. The summed E-state index contributed by atoms with van der Waals surface area (Å²) in [5, 5.41) is 15.4. The number of amides is 2. The number of carbonyl (C=O) groups is 5. The Bertz CT molecular complexity index is 1120. The molecule has 3 heterocycles. The first-order valence-corrected chi connectivity index (χ1v) is 12.1. The van der Waals surface area contributed by atoms with Gasteiger partial charge in [-0.15, -0.1) is 11.8 Å². The van der Waals surface area contributed by atoms with E-state index in [-0.39, 0.29) is 46.9 Å². The van der Waals surface area contributed by atoms with Crippen LogP contribution in [0.1, 0.15) is 32.5 Å². The second-order valence-electron chi connectivity index (χ2n) is 7.39. The zero-order valence-corrected chi connectivity index (χ0v) is 20.3. The van der Waals surface area contributed by atoms with Crippen molar-refractivity contribution in [2.75, 3.05) is 24.7 Å². The number of carboxylic acid groups (broad SMARTS) is 1. The molecule has 1 saturated heterocycles. The standard InChI is InChI=1S/C19H22N6O8S2/c1-3-4-33-23-11(14-22-19(20)35-24-14)15(28)21-12-16(29)25-13(18(30)31)9(7-34-17(12)25)6-32-10(27)5-8(2)26/h12,17H,3-7H2,1-2H3,(H,21,28)(H,30,31)(H2,20,22,24)/t12?,17-/m0/s1. The van der Waals surface area contributed by atoms with Crippen LogP contribution in [0.4, 0.5) is 5.13 Å². The number of aliphatic carboxylic acids is 1. The molecule has 2 aliphatic rings. The molecule has 0 aromatic carbocycles. The molecule has 2 atom stereocenters. The van der Waals surface area contributed by atoms with Crippen LogP contribution in [0.5, 0.6) is 0 Å². The third-order valence-corrected chi connectivity index (χ3v) is 6.54. The quantitative estimate of drug-likeness (QED) is 0.0835. The van der Waals surface area contributed by atoms with Gasteiger partial charge in [-0.2, -0.15) is 9.36 Å². The van der Waals surface area contributed by atoms with Crippen LogP contribution in [0.3, 0.4) is 0 Å². The lowest BCUT2D eigenvalue weighted by molar-refractivity contribution is -0.150. The fraction of sp³-hybridized carbons (Fsp3) is 0.474. The molecule has 1 aromatic heterocycles. The topological polar surface area (TPSA) is 203 Å². The summed E-state index contributed by atoms with van der Waals surface area (Å²) in [4.78, 5) is 70.3. The maximum Gasteiger partial charge on any atom is 0.352 e. The van der Waals surface area contributed by atoms with Gasteiger partial charge < -0.3 is 25.7 Å². The van der Waals surface area contributed by atoms with Crippen LogP contribution < -0.4 is 11.1 Å². The van der Waals surface area contributed by atoms with E-state index in [4.69, 9.17) is 15.3 Å². The van der Waals surface area contributed by atoms with Crippen molar-refractivity contribution in [2.24, 2.45) is 5.16 Å². The molecule has 35 heavy (non-hydrogen) atoms.